The summed E-state index contributed by atoms with van der Waals surface area (Å²) in [5.74, 6) is -0.454. The number of carbonyl (C=O) groups excluding carboxylic acids is 1. The van der Waals surface area contributed by atoms with Gasteiger partial charge in [0.15, 0.2) is 5.13 Å². The molecular weight excluding hydrogens is 412 g/mol. The van der Waals surface area contributed by atoms with Crippen LogP contribution in [0.5, 0.6) is 5.75 Å². The lowest BCUT2D eigenvalue weighted by atomic mass is 10.1. The van der Waals surface area contributed by atoms with Gasteiger partial charge in [0.05, 0.1) is 10.4 Å². The van der Waals surface area contributed by atoms with E-state index in [1.165, 1.54) is 35.8 Å². The molecule has 3 rings (SSSR count). The molecule has 4 nitrogen and oxygen atoms in total. The second-order valence-electron chi connectivity index (χ2n) is 5.95. The third kappa shape index (κ3) is 4.51. The zero-order valence-electron chi connectivity index (χ0n) is 14.3. The van der Waals surface area contributed by atoms with Crippen molar-refractivity contribution in [3.05, 3.63) is 64.3 Å². The van der Waals surface area contributed by atoms with E-state index in [-0.39, 0.29) is 17.2 Å². The van der Waals surface area contributed by atoms with Crippen molar-refractivity contribution in [2.24, 2.45) is 0 Å². The molecule has 26 heavy (non-hydrogen) atoms. The van der Waals surface area contributed by atoms with Crippen molar-refractivity contribution >= 4 is 38.3 Å². The van der Waals surface area contributed by atoms with Crippen LogP contribution < -0.4 is 5.32 Å². The number of hydrogen-bond donors (Lipinski definition) is 2. The van der Waals surface area contributed by atoms with Crippen LogP contribution in [-0.4, -0.2) is 16.0 Å². The van der Waals surface area contributed by atoms with Crippen molar-refractivity contribution in [3.8, 4) is 16.2 Å². The predicted molar refractivity (Wildman–Crippen MR) is 110 cm³/mol. The lowest BCUT2D eigenvalue weighted by molar-refractivity contribution is 0.102. The molecule has 6 heteroatoms. The molecule has 3 aromatic rings. The van der Waals surface area contributed by atoms with Gasteiger partial charge in [-0.1, -0.05) is 64.9 Å². The van der Waals surface area contributed by atoms with Gasteiger partial charge < -0.3 is 5.11 Å². The molecule has 0 saturated heterocycles. The van der Waals surface area contributed by atoms with Crippen LogP contribution >= 0.6 is 27.3 Å². The maximum absolute atomic E-state index is 12.4. The number of nitrogens with one attached hydrogen (secondary N) is 1. The maximum Gasteiger partial charge on any atom is 0.261 e. The van der Waals surface area contributed by atoms with E-state index in [0.29, 0.717) is 5.13 Å². The van der Waals surface area contributed by atoms with E-state index in [4.69, 9.17) is 0 Å². The number of rotatable bonds is 6. The monoisotopic (exact) mass is 430 g/mol. The van der Waals surface area contributed by atoms with Crippen LogP contribution in [0, 0.1) is 0 Å². The van der Waals surface area contributed by atoms with Crippen LogP contribution in [0.4, 0.5) is 5.13 Å². The van der Waals surface area contributed by atoms with E-state index in [2.05, 4.69) is 57.4 Å². The molecule has 0 bridgehead atoms. The average Bonchev–Trinajstić information content (AvgIpc) is 3.10. The molecule has 2 aromatic carbocycles. The first-order valence-corrected chi connectivity index (χ1v) is 10.0. The summed E-state index contributed by atoms with van der Waals surface area (Å²) < 4.78 is 0.725. The highest BCUT2D eigenvalue weighted by Gasteiger charge is 2.14. The Kier molecular flexibility index (Phi) is 6.06. The molecule has 134 valence electrons. The van der Waals surface area contributed by atoms with Gasteiger partial charge in [0.1, 0.15) is 5.75 Å². The second kappa shape index (κ2) is 8.47. The number of thiazole rings is 1. The zero-order chi connectivity index (χ0) is 18.5. The molecule has 0 atom stereocenters. The quantitative estimate of drug-likeness (QED) is 0.513. The number of amides is 1. The number of phenols is 1. The number of carbonyl (C=O) groups is 1. The first-order valence-electron chi connectivity index (χ1n) is 8.42. The summed E-state index contributed by atoms with van der Waals surface area (Å²) in [4.78, 5) is 17.6. The summed E-state index contributed by atoms with van der Waals surface area (Å²) in [7, 11) is 0. The lowest BCUT2D eigenvalue weighted by Crippen LogP contribution is -2.11. The first kappa shape index (κ1) is 18.6. The largest absolute Gasteiger partial charge is 0.507 e. The van der Waals surface area contributed by atoms with Crippen LogP contribution in [0.3, 0.4) is 0 Å². The Morgan fingerprint density at radius 3 is 2.73 bits per heavy atom. The van der Waals surface area contributed by atoms with Crippen molar-refractivity contribution in [1.29, 1.82) is 0 Å². The van der Waals surface area contributed by atoms with E-state index in [1.807, 2.05) is 0 Å². The fourth-order valence-corrected chi connectivity index (χ4v) is 3.71. The van der Waals surface area contributed by atoms with Gasteiger partial charge in [-0.15, -0.1) is 0 Å². The molecule has 2 N–H and O–H groups in total. The van der Waals surface area contributed by atoms with Crippen molar-refractivity contribution in [2.45, 2.75) is 26.2 Å². The van der Waals surface area contributed by atoms with E-state index >= 15 is 0 Å². The number of hydrogen-bond acceptors (Lipinski definition) is 4. The van der Waals surface area contributed by atoms with Crippen LogP contribution in [0.1, 0.15) is 35.7 Å². The number of nitrogens with zero attached hydrogens (tertiary/aromatic N) is 1. The van der Waals surface area contributed by atoms with Crippen molar-refractivity contribution in [3.63, 3.8) is 0 Å². The van der Waals surface area contributed by atoms with Crippen molar-refractivity contribution in [1.82, 2.24) is 4.98 Å². The highest BCUT2D eigenvalue weighted by molar-refractivity contribution is 9.10. The second-order valence-corrected chi connectivity index (χ2v) is 7.89. The van der Waals surface area contributed by atoms with Crippen LogP contribution in [0.15, 0.2) is 53.1 Å². The molecule has 1 heterocycles. The van der Waals surface area contributed by atoms with Crippen LogP contribution in [-0.2, 0) is 6.42 Å². The van der Waals surface area contributed by atoms with Gasteiger partial charge in [0.25, 0.3) is 5.91 Å². The zero-order valence-corrected chi connectivity index (χ0v) is 16.7. The number of halogens is 1. The Morgan fingerprint density at radius 2 is 2.00 bits per heavy atom. The molecule has 0 aliphatic heterocycles. The Balaban J connectivity index is 1.71. The Bertz CT molecular complexity index is 906. The number of benzene rings is 2. The highest BCUT2D eigenvalue weighted by Crippen LogP contribution is 2.30. The fraction of sp³-hybridized carbons (Fsp3) is 0.200. The average molecular weight is 431 g/mol. The summed E-state index contributed by atoms with van der Waals surface area (Å²) in [5, 5.41) is 13.1. The fourth-order valence-electron chi connectivity index (χ4n) is 2.54. The molecule has 0 unspecified atom stereocenters. The minimum atomic E-state index is -0.389. The maximum atomic E-state index is 12.4. The molecule has 0 fully saturated rings. The van der Waals surface area contributed by atoms with E-state index < -0.39 is 0 Å². The summed E-state index contributed by atoms with van der Waals surface area (Å²) in [6.45, 7) is 2.19. The summed E-state index contributed by atoms with van der Waals surface area (Å²) in [5.41, 5.74) is 2.61. The number of unbranched alkanes of at least 4 members (excludes halogenated alkanes) is 1. The standard InChI is InChI=1S/C20H19BrN2O2S/c1-2-3-4-13-5-7-14(8-6-13)18-12-22-20(26-18)23-19(25)16-11-15(21)9-10-17(16)24/h5-12,24H,2-4H2,1H3,(H,22,23,25). The van der Waals surface area contributed by atoms with Crippen LogP contribution in [0.25, 0.3) is 10.4 Å². The predicted octanol–water partition coefficient (Wildman–Crippen LogP) is 5.87. The minimum absolute atomic E-state index is 0.0647. The SMILES string of the molecule is CCCCc1ccc(-c2cnc(NC(=O)c3cc(Br)ccc3O)s2)cc1. The van der Waals surface area contributed by atoms with Gasteiger partial charge in [-0.25, -0.2) is 4.98 Å². The molecule has 1 aromatic heterocycles. The lowest BCUT2D eigenvalue weighted by Gasteiger charge is -2.04. The summed E-state index contributed by atoms with van der Waals surface area (Å²) in [6.07, 6.45) is 5.23. The number of aryl methyl sites for hydroxylation is 1. The van der Waals surface area contributed by atoms with Gasteiger partial charge in [-0.3, -0.25) is 10.1 Å². The number of aromatic hydroxyl groups is 1. The third-order valence-corrected chi connectivity index (χ3v) is 5.44. The topological polar surface area (TPSA) is 62.2 Å². The van der Waals surface area contributed by atoms with Gasteiger partial charge in [0.2, 0.25) is 0 Å². The molecule has 0 aliphatic rings. The third-order valence-electron chi connectivity index (χ3n) is 3.99. The Labute approximate surface area is 165 Å². The normalized spacial score (nSPS) is 10.7. The molecule has 0 saturated carbocycles. The molecular formula is C20H19BrN2O2S. The smallest absolute Gasteiger partial charge is 0.261 e. The number of aromatic nitrogens is 1. The molecule has 1 amide bonds. The van der Waals surface area contributed by atoms with Gasteiger partial charge in [-0.05, 0) is 42.2 Å². The van der Waals surface area contributed by atoms with E-state index in [1.54, 1.807) is 18.3 Å². The highest BCUT2D eigenvalue weighted by atomic mass is 79.9. The van der Waals surface area contributed by atoms with Crippen molar-refractivity contribution < 1.29 is 9.90 Å². The van der Waals surface area contributed by atoms with Gasteiger partial charge in [0, 0.05) is 10.7 Å². The Morgan fingerprint density at radius 1 is 1.23 bits per heavy atom. The number of phenolic OH excluding ortho intramolecular Hbond substituents is 1. The molecule has 0 aliphatic carbocycles. The van der Waals surface area contributed by atoms with E-state index in [9.17, 15) is 9.90 Å². The Hall–Kier alpha value is -2.18. The minimum Gasteiger partial charge on any atom is -0.507 e. The van der Waals surface area contributed by atoms with Gasteiger partial charge in [-0.2, -0.15) is 0 Å². The van der Waals surface area contributed by atoms with Gasteiger partial charge >= 0.3 is 0 Å². The van der Waals surface area contributed by atoms with Crippen LogP contribution in [0.2, 0.25) is 0 Å². The number of anilines is 1. The molecule has 0 radical (unpaired) electrons. The summed E-state index contributed by atoms with van der Waals surface area (Å²) >= 11 is 4.71. The molecule has 0 spiro atoms. The van der Waals surface area contributed by atoms with Crippen molar-refractivity contribution in [2.75, 3.05) is 5.32 Å². The van der Waals surface area contributed by atoms with E-state index in [0.717, 1.165) is 21.3 Å². The summed E-state index contributed by atoms with van der Waals surface area (Å²) in [6, 6.07) is 13.2. The first-order chi connectivity index (χ1) is 12.6.